The van der Waals surface area contributed by atoms with Crippen LogP contribution < -0.4 is 19.6 Å². The molecule has 16 rings (SSSR count). The zero-order valence-electron chi connectivity index (χ0n) is 54.9. The van der Waals surface area contributed by atoms with Gasteiger partial charge in [-0.1, -0.05) is 279 Å². The topological polar surface area (TPSA) is 13.0 Å². The minimum atomic E-state index is 1.11. The van der Waals surface area contributed by atoms with Gasteiger partial charge in [0, 0.05) is 71.0 Å². The Morgan fingerprint density at radius 2 is 0.347 bits per heavy atom. The van der Waals surface area contributed by atoms with E-state index in [1.165, 1.54) is 88.3 Å². The lowest BCUT2D eigenvalue weighted by molar-refractivity contribution is 1.21. The minimum Gasteiger partial charge on any atom is -0.345 e. The fourth-order valence-corrected chi connectivity index (χ4v) is 13.1. The summed E-state index contributed by atoms with van der Waals surface area (Å²) in [5.41, 5.74) is 25.8. The molecule has 0 aliphatic rings. The molecule has 0 fully saturated rings. The molecule has 4 nitrogen and oxygen atoms in total. The average Bonchev–Trinajstić information content (AvgIpc) is 0.840. The van der Waals surface area contributed by atoms with Gasteiger partial charge >= 0.3 is 0 Å². The molecular formula is C94H72N4. The molecule has 468 valence electrons. The summed E-state index contributed by atoms with van der Waals surface area (Å²) in [6.07, 6.45) is 0. The first-order valence-corrected chi connectivity index (χ1v) is 33.5. The van der Waals surface area contributed by atoms with Gasteiger partial charge in [0.15, 0.2) is 0 Å². The second-order valence-corrected chi connectivity index (χ2v) is 24.7. The van der Waals surface area contributed by atoms with Gasteiger partial charge in [0.25, 0.3) is 0 Å². The summed E-state index contributed by atoms with van der Waals surface area (Å²) in [6, 6.07) is 143. The Hall–Kier alpha value is -12.8. The van der Waals surface area contributed by atoms with Crippen molar-refractivity contribution in [1.29, 1.82) is 0 Å². The number of anilines is 10. The molecule has 0 aromatic heterocycles. The van der Waals surface area contributed by atoms with Crippen molar-refractivity contribution in [3.8, 4) is 66.8 Å². The second kappa shape index (κ2) is 28.4. The monoisotopic (exact) mass is 1260 g/mol. The Kier molecular flexibility index (Phi) is 17.8. The van der Waals surface area contributed by atoms with E-state index in [0.717, 1.165) is 56.9 Å². The van der Waals surface area contributed by atoms with Crippen molar-refractivity contribution in [3.05, 3.63) is 400 Å². The van der Waals surface area contributed by atoms with Gasteiger partial charge in [-0.3, -0.25) is 0 Å². The van der Waals surface area contributed by atoms with Gasteiger partial charge in [0.1, 0.15) is 0 Å². The third kappa shape index (κ3) is 13.6. The molecule has 0 aliphatic heterocycles. The summed E-state index contributed by atoms with van der Waals surface area (Å²) in [7, 11) is 4.25. The van der Waals surface area contributed by atoms with Crippen LogP contribution in [-0.4, -0.2) is 14.1 Å². The molecule has 0 spiro atoms. The largest absolute Gasteiger partial charge is 0.345 e. The highest BCUT2D eigenvalue weighted by Gasteiger charge is 2.18. The van der Waals surface area contributed by atoms with Gasteiger partial charge < -0.3 is 19.6 Å². The molecule has 0 heterocycles. The summed E-state index contributed by atoms with van der Waals surface area (Å²) in [5, 5.41) is 4.91. The van der Waals surface area contributed by atoms with Crippen LogP contribution in [0.5, 0.6) is 0 Å². The Morgan fingerprint density at radius 3 is 0.643 bits per heavy atom. The highest BCUT2D eigenvalue weighted by Crippen LogP contribution is 2.42. The van der Waals surface area contributed by atoms with E-state index < -0.39 is 0 Å². The highest BCUT2D eigenvalue weighted by atomic mass is 15.1. The zero-order chi connectivity index (χ0) is 66.0. The van der Waals surface area contributed by atoms with E-state index in [1.54, 1.807) is 0 Å². The van der Waals surface area contributed by atoms with E-state index in [9.17, 15) is 0 Å². The third-order valence-corrected chi connectivity index (χ3v) is 18.6. The van der Waals surface area contributed by atoms with E-state index in [0.29, 0.717) is 0 Å². The standard InChI is InChI=1S/2C47H36N2/c1-48(46-18-10-17-42(33-46)36-13-6-3-7-14-36)43-26-19-39(20-27-43)40-23-30-45(31-24-40)49(47-32-25-37-15-8-9-16-41(37)34-47)44-28-21-38(22-29-44)35-11-4-2-5-12-35;1-48(43-25-16-38(17-26-43)35-10-4-2-5-11-35)44-27-18-40(19-28-44)41-22-31-46(32-23-41)49(47-33-24-37-14-8-9-15-42(37)34-47)45-29-20-39(21-30-45)36-12-6-3-7-13-36/h2*2-34H,1H3. The first kappa shape index (κ1) is 61.4. The predicted molar refractivity (Wildman–Crippen MR) is 419 cm³/mol. The van der Waals surface area contributed by atoms with Gasteiger partial charge in [-0.05, 0) is 210 Å². The molecule has 98 heavy (non-hydrogen) atoms. The number of hydrogen-bond donors (Lipinski definition) is 0. The third-order valence-electron chi connectivity index (χ3n) is 18.6. The van der Waals surface area contributed by atoms with Crippen LogP contribution >= 0.6 is 0 Å². The molecule has 16 aromatic carbocycles. The molecule has 0 aliphatic carbocycles. The SMILES string of the molecule is CN(c1ccc(-c2ccc(N(c3ccc(-c4ccccc4)cc3)c3ccc4ccccc4c3)cc2)cc1)c1cccc(-c2ccccc2)c1.CN(c1ccc(-c2ccccc2)cc1)c1ccc(-c2ccc(N(c3ccc(-c4ccccc4)cc3)c3ccc4ccccc4c3)cc2)cc1. The summed E-state index contributed by atoms with van der Waals surface area (Å²) >= 11 is 0. The van der Waals surface area contributed by atoms with Gasteiger partial charge in [0.2, 0.25) is 0 Å². The fraction of sp³-hybridized carbons (Fsp3) is 0.0213. The molecule has 0 unspecified atom stereocenters. The van der Waals surface area contributed by atoms with Gasteiger partial charge in [-0.15, -0.1) is 0 Å². The highest BCUT2D eigenvalue weighted by molar-refractivity contribution is 5.92. The maximum Gasteiger partial charge on any atom is 0.0468 e. The Bertz CT molecular complexity index is 5280. The first-order valence-electron chi connectivity index (χ1n) is 33.5. The van der Waals surface area contributed by atoms with Crippen LogP contribution in [0.2, 0.25) is 0 Å². The fourth-order valence-electron chi connectivity index (χ4n) is 13.1. The summed E-state index contributed by atoms with van der Waals surface area (Å²) in [5.74, 6) is 0. The molecule has 0 amide bonds. The van der Waals surface area contributed by atoms with Gasteiger partial charge in [0.05, 0.1) is 0 Å². The molecule has 0 saturated heterocycles. The predicted octanol–water partition coefficient (Wildman–Crippen LogP) is 26.2. The lowest BCUT2D eigenvalue weighted by Gasteiger charge is -2.26. The van der Waals surface area contributed by atoms with Crippen molar-refractivity contribution in [2.75, 3.05) is 33.7 Å². The molecule has 0 bridgehead atoms. The van der Waals surface area contributed by atoms with E-state index in [-0.39, 0.29) is 0 Å². The van der Waals surface area contributed by atoms with E-state index in [2.05, 4.69) is 434 Å². The number of fused-ring (bicyclic) bond motifs is 2. The van der Waals surface area contributed by atoms with Crippen molar-refractivity contribution in [2.45, 2.75) is 0 Å². The maximum atomic E-state index is 2.34. The van der Waals surface area contributed by atoms with Crippen LogP contribution in [0.1, 0.15) is 0 Å². The van der Waals surface area contributed by atoms with Crippen LogP contribution in [0.3, 0.4) is 0 Å². The van der Waals surface area contributed by atoms with E-state index >= 15 is 0 Å². The van der Waals surface area contributed by atoms with Crippen LogP contribution in [-0.2, 0) is 0 Å². The molecule has 4 heteroatoms. The smallest absolute Gasteiger partial charge is 0.0468 e. The van der Waals surface area contributed by atoms with Gasteiger partial charge in [-0.25, -0.2) is 0 Å². The Morgan fingerprint density at radius 1 is 0.133 bits per heavy atom. The molecule has 0 N–H and O–H groups in total. The molecule has 0 radical (unpaired) electrons. The maximum absolute atomic E-state index is 2.34. The van der Waals surface area contributed by atoms with Crippen LogP contribution in [0.4, 0.5) is 56.9 Å². The Labute approximate surface area is 575 Å². The normalized spacial score (nSPS) is 11.0. The molecular weight excluding hydrogens is 1190 g/mol. The van der Waals surface area contributed by atoms with Crippen molar-refractivity contribution >= 4 is 78.4 Å². The zero-order valence-corrected chi connectivity index (χ0v) is 54.9. The van der Waals surface area contributed by atoms with Crippen LogP contribution in [0, 0.1) is 0 Å². The van der Waals surface area contributed by atoms with E-state index in [4.69, 9.17) is 0 Å². The van der Waals surface area contributed by atoms with Crippen molar-refractivity contribution in [3.63, 3.8) is 0 Å². The average molecular weight is 1260 g/mol. The quantitative estimate of drug-likeness (QED) is 0.0956. The Balaban J connectivity index is 0.000000160. The lowest BCUT2D eigenvalue weighted by atomic mass is 10.0. The second-order valence-electron chi connectivity index (χ2n) is 24.7. The van der Waals surface area contributed by atoms with E-state index in [1.807, 2.05) is 0 Å². The number of hydrogen-bond acceptors (Lipinski definition) is 4. The van der Waals surface area contributed by atoms with Gasteiger partial charge in [-0.2, -0.15) is 0 Å². The minimum absolute atomic E-state index is 1.11. The summed E-state index contributed by atoms with van der Waals surface area (Å²) in [4.78, 5) is 9.15. The van der Waals surface area contributed by atoms with Crippen LogP contribution in [0.15, 0.2) is 400 Å². The number of benzene rings is 16. The summed E-state index contributed by atoms with van der Waals surface area (Å²) < 4.78 is 0. The van der Waals surface area contributed by atoms with Crippen molar-refractivity contribution in [2.24, 2.45) is 0 Å². The first-order chi connectivity index (χ1) is 48.4. The number of nitrogens with zero attached hydrogens (tertiary/aromatic N) is 4. The molecule has 0 saturated carbocycles. The molecule has 16 aromatic rings. The number of rotatable bonds is 16. The summed E-state index contributed by atoms with van der Waals surface area (Å²) in [6.45, 7) is 0. The lowest BCUT2D eigenvalue weighted by Crippen LogP contribution is -2.10. The molecule has 0 atom stereocenters. The van der Waals surface area contributed by atoms with Crippen molar-refractivity contribution < 1.29 is 0 Å². The van der Waals surface area contributed by atoms with Crippen molar-refractivity contribution in [1.82, 2.24) is 0 Å². The van der Waals surface area contributed by atoms with Crippen LogP contribution in [0.25, 0.3) is 88.3 Å².